The summed E-state index contributed by atoms with van der Waals surface area (Å²) in [6, 6.07) is 0. The van der Waals surface area contributed by atoms with Gasteiger partial charge in [0.25, 0.3) is 0 Å². The molecule has 0 heterocycles. The van der Waals surface area contributed by atoms with Crippen LogP contribution in [0, 0.1) is 0 Å². The number of aliphatic carboxylic acids is 2. The molecule has 0 radical (unpaired) electrons. The molecule has 0 saturated heterocycles. The zero-order valence-corrected chi connectivity index (χ0v) is 33.7. The number of ether oxygens (including phenoxy) is 2. The number of hydrogen-bond acceptors (Lipinski definition) is 8. The number of carbonyl (C=O) groups is 4. The number of carboxylic acids is 2. The van der Waals surface area contributed by atoms with Crippen molar-refractivity contribution in [2.45, 2.75) is 194 Å². The second kappa shape index (κ2) is 44.6. The molecular weight excluding hydrogens is 649 g/mol. The molecule has 0 fully saturated rings. The average Bonchev–Trinajstić information content (AvgIpc) is 3.06. The summed E-state index contributed by atoms with van der Waals surface area (Å²) in [6.07, 6.45) is 39.1. The van der Waals surface area contributed by atoms with Gasteiger partial charge >= 0.3 is 49.7 Å². The van der Waals surface area contributed by atoms with Gasteiger partial charge < -0.3 is 29.3 Å². The van der Waals surface area contributed by atoms with Crippen LogP contribution in [0.2, 0.25) is 0 Å². The first-order chi connectivity index (χ1) is 23.3. The van der Waals surface area contributed by atoms with Crippen LogP contribution < -0.4 is 10.2 Å². The van der Waals surface area contributed by atoms with E-state index in [1.165, 1.54) is 154 Å². The molecule has 9 heteroatoms. The van der Waals surface area contributed by atoms with E-state index in [1.807, 2.05) is 0 Å². The van der Waals surface area contributed by atoms with Gasteiger partial charge in [-0.2, -0.15) is 0 Å². The van der Waals surface area contributed by atoms with Gasteiger partial charge in [0.2, 0.25) is 0 Å². The fourth-order valence-electron chi connectivity index (χ4n) is 5.31. The van der Waals surface area contributed by atoms with Gasteiger partial charge in [-0.1, -0.05) is 181 Å². The summed E-state index contributed by atoms with van der Waals surface area (Å²) in [5.41, 5.74) is 0. The molecule has 0 aromatic carbocycles. The van der Waals surface area contributed by atoms with E-state index in [9.17, 15) is 29.4 Å². The van der Waals surface area contributed by atoms with Crippen LogP contribution in [0.15, 0.2) is 24.3 Å². The van der Waals surface area contributed by atoms with Crippen LogP contribution in [0.3, 0.4) is 0 Å². The van der Waals surface area contributed by atoms with E-state index in [4.69, 9.17) is 9.47 Å². The Kier molecular flexibility index (Phi) is 47.4. The van der Waals surface area contributed by atoms with Gasteiger partial charge in [0.1, 0.15) is 0 Å². The van der Waals surface area contributed by atoms with Gasteiger partial charge in [-0.15, -0.1) is 0 Å². The topological polar surface area (TPSA) is 133 Å². The zero-order chi connectivity index (χ0) is 35.8. The molecule has 0 aromatic rings. The van der Waals surface area contributed by atoms with Crippen molar-refractivity contribution in [1.82, 2.24) is 0 Å². The van der Waals surface area contributed by atoms with Crippen LogP contribution in [0.1, 0.15) is 194 Å². The maximum absolute atomic E-state index is 11.1. The fourth-order valence-corrected chi connectivity index (χ4v) is 5.31. The average molecular weight is 719 g/mol. The second-order valence-electron chi connectivity index (χ2n) is 12.8. The van der Waals surface area contributed by atoms with Gasteiger partial charge in [0.15, 0.2) is 0 Å². The van der Waals surface area contributed by atoms with Crippen molar-refractivity contribution in [1.29, 1.82) is 0 Å². The second-order valence-corrected chi connectivity index (χ2v) is 12.8. The van der Waals surface area contributed by atoms with Crippen LogP contribution in [-0.4, -0.2) is 74.8 Å². The summed E-state index contributed by atoms with van der Waals surface area (Å²) in [6.45, 7) is 5.22. The molecule has 0 aromatic heterocycles. The molecule has 8 nitrogen and oxygen atoms in total. The number of esters is 2. The van der Waals surface area contributed by atoms with Crippen molar-refractivity contribution in [2.24, 2.45) is 0 Å². The van der Waals surface area contributed by atoms with Crippen LogP contribution in [0.4, 0.5) is 0 Å². The van der Waals surface area contributed by atoms with Gasteiger partial charge in [0.05, 0.1) is 25.2 Å². The third kappa shape index (κ3) is 51.1. The maximum atomic E-state index is 11.1. The molecule has 0 aliphatic carbocycles. The summed E-state index contributed by atoms with van der Waals surface area (Å²) in [5, 5.41) is 20.2. The summed E-state index contributed by atoms with van der Waals surface area (Å²) >= 11 is 0. The van der Waals surface area contributed by atoms with E-state index in [1.54, 1.807) is 0 Å². The third-order valence-corrected chi connectivity index (χ3v) is 8.20. The predicted octanol–water partition coefficient (Wildman–Crippen LogP) is 8.25. The van der Waals surface area contributed by atoms with E-state index in [-0.39, 0.29) is 37.7 Å². The van der Waals surface area contributed by atoms with Crippen LogP contribution >= 0.6 is 0 Å². The number of carboxylic acid groups (broad SMARTS) is 2. The van der Waals surface area contributed by atoms with Crippen LogP contribution in [0.25, 0.3) is 0 Å². The van der Waals surface area contributed by atoms with Crippen molar-refractivity contribution in [3.63, 3.8) is 0 Å². The first-order valence-corrected chi connectivity index (χ1v) is 19.4. The van der Waals surface area contributed by atoms with Crippen LogP contribution in [-0.2, 0) is 28.7 Å². The largest absolute Gasteiger partial charge is 2.00 e. The standard InChI is InChI=1S/2C20H36O4.Ca/c2*1-2-3-4-5-6-7-8-9-10-11-12-13-14-15-18-24-20(23)17-16-19(21)22;/h2*16-17H,2-15,18H2,1H3,(H,21,22);/q;;+2/p-2/b2*17-16-;. The van der Waals surface area contributed by atoms with Gasteiger partial charge in [-0.05, 0) is 25.0 Å². The first kappa shape index (κ1) is 52.0. The summed E-state index contributed by atoms with van der Waals surface area (Å²) < 4.78 is 9.77. The number of hydrogen-bond donors (Lipinski definition) is 0. The molecule has 0 aliphatic rings. The molecule has 0 N–H and O–H groups in total. The van der Waals surface area contributed by atoms with Crippen molar-refractivity contribution in [2.75, 3.05) is 13.2 Å². The van der Waals surface area contributed by atoms with E-state index in [2.05, 4.69) is 13.8 Å². The third-order valence-electron chi connectivity index (χ3n) is 8.20. The minimum Gasteiger partial charge on any atom is -0.545 e. The Bertz CT molecular complexity index is 746. The molecule has 49 heavy (non-hydrogen) atoms. The molecule has 0 spiro atoms. The molecule has 0 amide bonds. The number of unbranched alkanes of at least 4 members (excludes halogenated alkanes) is 26. The molecule has 0 rings (SSSR count). The molecular formula is C40H70CaO8. The van der Waals surface area contributed by atoms with Gasteiger partial charge in [0, 0.05) is 12.2 Å². The molecule has 0 bridgehead atoms. The number of carbonyl (C=O) groups excluding carboxylic acids is 4. The molecule has 0 saturated carbocycles. The summed E-state index contributed by atoms with van der Waals surface area (Å²) in [7, 11) is 0. The van der Waals surface area contributed by atoms with Crippen molar-refractivity contribution in [3.8, 4) is 0 Å². The van der Waals surface area contributed by atoms with Crippen molar-refractivity contribution >= 4 is 61.6 Å². The van der Waals surface area contributed by atoms with Crippen LogP contribution in [0.5, 0.6) is 0 Å². The Balaban J connectivity index is -0.000000846. The Morgan fingerprint density at radius 2 is 0.571 bits per heavy atom. The van der Waals surface area contributed by atoms with Gasteiger partial charge in [-0.3, -0.25) is 0 Å². The normalized spacial score (nSPS) is 10.8. The van der Waals surface area contributed by atoms with Crippen molar-refractivity contribution < 1.29 is 38.9 Å². The van der Waals surface area contributed by atoms with Gasteiger partial charge in [-0.25, -0.2) is 9.59 Å². The SMILES string of the molecule is CCCCCCCCCCCCCCCCOC(=O)/C=C\C(=O)[O-].CCCCCCCCCCCCCCCCOC(=O)/C=C\C(=O)[O-].[Ca+2]. The summed E-state index contributed by atoms with van der Waals surface area (Å²) in [5.74, 6) is -4.00. The predicted molar refractivity (Wildman–Crippen MR) is 197 cm³/mol. The van der Waals surface area contributed by atoms with Crippen molar-refractivity contribution in [3.05, 3.63) is 24.3 Å². The Labute approximate surface area is 329 Å². The Morgan fingerprint density at radius 1 is 0.367 bits per heavy atom. The fraction of sp³-hybridized carbons (Fsp3) is 0.800. The van der Waals surface area contributed by atoms with E-state index >= 15 is 0 Å². The smallest absolute Gasteiger partial charge is 0.545 e. The molecule has 0 atom stereocenters. The van der Waals surface area contributed by atoms with E-state index in [0.29, 0.717) is 25.4 Å². The quantitative estimate of drug-likeness (QED) is 0.0281. The Hall–Kier alpha value is -1.38. The monoisotopic (exact) mass is 718 g/mol. The Morgan fingerprint density at radius 3 is 0.776 bits per heavy atom. The molecule has 280 valence electrons. The van der Waals surface area contributed by atoms with E-state index in [0.717, 1.165) is 37.8 Å². The minimum atomic E-state index is -1.39. The van der Waals surface area contributed by atoms with E-state index < -0.39 is 23.9 Å². The minimum absolute atomic E-state index is 0. The number of rotatable bonds is 34. The zero-order valence-electron chi connectivity index (χ0n) is 31.5. The summed E-state index contributed by atoms with van der Waals surface area (Å²) in [4.78, 5) is 42.4. The molecule has 0 unspecified atom stereocenters. The maximum Gasteiger partial charge on any atom is 2.00 e. The molecule has 0 aliphatic heterocycles. The first-order valence-electron chi connectivity index (χ1n) is 19.4.